The van der Waals surface area contributed by atoms with Crippen molar-refractivity contribution in [1.29, 1.82) is 0 Å². The van der Waals surface area contributed by atoms with Crippen LogP contribution in [0.4, 0.5) is 0 Å². The predicted octanol–water partition coefficient (Wildman–Crippen LogP) is 3.14. The van der Waals surface area contributed by atoms with E-state index in [-0.39, 0.29) is 25.5 Å². The molecule has 0 aliphatic heterocycles. The lowest BCUT2D eigenvalue weighted by Crippen LogP contribution is -2.04. The molecule has 2 heterocycles. The lowest BCUT2D eigenvalue weighted by Gasteiger charge is -2.12. The van der Waals surface area contributed by atoms with Gasteiger partial charge in [-0.2, -0.15) is 0 Å². The number of esters is 1. The van der Waals surface area contributed by atoms with Crippen LogP contribution in [-0.4, -0.2) is 40.2 Å². The van der Waals surface area contributed by atoms with Crippen LogP contribution in [0.1, 0.15) is 37.0 Å². The summed E-state index contributed by atoms with van der Waals surface area (Å²) in [6, 6.07) is 1.70. The number of carbonyl (C=O) groups is 1. The van der Waals surface area contributed by atoms with Crippen molar-refractivity contribution in [2.75, 3.05) is 19.8 Å². The van der Waals surface area contributed by atoms with Gasteiger partial charge in [0.2, 0.25) is 5.78 Å². The molecule has 0 atom stereocenters. The molecule has 9 heteroatoms. The fourth-order valence-corrected chi connectivity index (χ4v) is 3.30. The Morgan fingerprint density at radius 3 is 2.58 bits per heavy atom. The van der Waals surface area contributed by atoms with Crippen molar-refractivity contribution in [2.24, 2.45) is 0 Å². The largest absolute Gasteiger partial charge is 0.461 e. The van der Waals surface area contributed by atoms with E-state index in [0.717, 1.165) is 0 Å². The van der Waals surface area contributed by atoms with E-state index in [0.29, 0.717) is 11.5 Å². The SMILES string of the molecule is CCOC(=O)c1cn2c(/C=C/P(=O)(OCC)OCC)ccnc2n1. The highest BCUT2D eigenvalue weighted by molar-refractivity contribution is 7.57. The van der Waals surface area contributed by atoms with Crippen LogP contribution in [0.25, 0.3) is 11.9 Å². The second-order valence-corrected chi connectivity index (χ2v) is 6.47. The molecule has 24 heavy (non-hydrogen) atoms. The van der Waals surface area contributed by atoms with Gasteiger partial charge in [0.05, 0.1) is 25.5 Å². The molecule has 130 valence electrons. The average molecular weight is 353 g/mol. The molecule has 0 aliphatic carbocycles. The Morgan fingerprint density at radius 2 is 1.96 bits per heavy atom. The van der Waals surface area contributed by atoms with Crippen LogP contribution in [0.2, 0.25) is 0 Å². The van der Waals surface area contributed by atoms with E-state index in [2.05, 4.69) is 9.97 Å². The lowest BCUT2D eigenvalue weighted by molar-refractivity contribution is 0.0520. The summed E-state index contributed by atoms with van der Waals surface area (Å²) in [5.74, 6) is 1.20. The molecule has 8 nitrogen and oxygen atoms in total. The Balaban J connectivity index is 2.36. The maximum Gasteiger partial charge on any atom is 0.358 e. The summed E-state index contributed by atoms with van der Waals surface area (Å²) in [5, 5.41) is 0. The van der Waals surface area contributed by atoms with E-state index in [1.165, 1.54) is 12.0 Å². The molecule has 0 amide bonds. The molecular formula is C15H20N3O5P. The van der Waals surface area contributed by atoms with E-state index < -0.39 is 13.6 Å². The molecule has 0 spiro atoms. The molecule has 0 bridgehead atoms. The Labute approximate surface area is 140 Å². The van der Waals surface area contributed by atoms with Crippen LogP contribution in [0.3, 0.4) is 0 Å². The topological polar surface area (TPSA) is 92.0 Å². The Hall–Kier alpha value is -2.02. The van der Waals surface area contributed by atoms with Gasteiger partial charge in [0.1, 0.15) is 0 Å². The number of ether oxygens (including phenoxy) is 1. The summed E-state index contributed by atoms with van der Waals surface area (Å²) in [6.45, 7) is 6.01. The molecule has 0 unspecified atom stereocenters. The van der Waals surface area contributed by atoms with E-state index >= 15 is 0 Å². The highest BCUT2D eigenvalue weighted by Gasteiger charge is 2.19. The van der Waals surface area contributed by atoms with Crippen LogP contribution < -0.4 is 0 Å². The van der Waals surface area contributed by atoms with Gasteiger partial charge in [0.15, 0.2) is 5.69 Å². The molecule has 2 aromatic heterocycles. The molecule has 2 rings (SSSR count). The third-order valence-electron chi connectivity index (χ3n) is 2.93. The van der Waals surface area contributed by atoms with Gasteiger partial charge < -0.3 is 13.8 Å². The average Bonchev–Trinajstić information content (AvgIpc) is 2.98. The van der Waals surface area contributed by atoms with E-state index in [9.17, 15) is 9.36 Å². The fourth-order valence-electron chi connectivity index (χ4n) is 2.00. The van der Waals surface area contributed by atoms with Crippen LogP contribution in [-0.2, 0) is 18.3 Å². The monoisotopic (exact) mass is 353 g/mol. The first-order valence-electron chi connectivity index (χ1n) is 7.62. The molecule has 0 aliphatic rings. The highest BCUT2D eigenvalue weighted by Crippen LogP contribution is 2.50. The molecule has 0 saturated heterocycles. The van der Waals surface area contributed by atoms with Crippen molar-refractivity contribution in [3.05, 3.63) is 35.7 Å². The van der Waals surface area contributed by atoms with Gasteiger partial charge in [0.25, 0.3) is 0 Å². The summed E-state index contributed by atoms with van der Waals surface area (Å²) < 4.78 is 29.4. The maximum absolute atomic E-state index is 12.5. The van der Waals surface area contributed by atoms with Gasteiger partial charge in [-0.15, -0.1) is 0 Å². The van der Waals surface area contributed by atoms with Gasteiger partial charge in [-0.1, -0.05) is 0 Å². The number of aromatic nitrogens is 3. The van der Waals surface area contributed by atoms with Crippen molar-refractivity contribution in [3.63, 3.8) is 0 Å². The minimum absolute atomic E-state index is 0.156. The second-order valence-electron chi connectivity index (χ2n) is 4.58. The van der Waals surface area contributed by atoms with Crippen LogP contribution in [0.15, 0.2) is 24.3 Å². The lowest BCUT2D eigenvalue weighted by atomic mass is 10.4. The third-order valence-corrected chi connectivity index (χ3v) is 4.68. The number of rotatable bonds is 8. The smallest absolute Gasteiger partial charge is 0.358 e. The molecule has 2 aromatic rings. The number of fused-ring (bicyclic) bond motifs is 1. The first-order valence-corrected chi connectivity index (χ1v) is 9.23. The number of carbonyl (C=O) groups excluding carboxylic acids is 1. The second kappa shape index (κ2) is 8.19. The van der Waals surface area contributed by atoms with Crippen molar-refractivity contribution < 1.29 is 23.1 Å². The normalized spacial score (nSPS) is 12.1. The molecular weight excluding hydrogens is 333 g/mol. The van der Waals surface area contributed by atoms with Crippen molar-refractivity contribution in [3.8, 4) is 0 Å². The zero-order chi connectivity index (χ0) is 17.6. The quantitative estimate of drug-likeness (QED) is 0.532. The Kier molecular flexibility index (Phi) is 6.25. The first kappa shape index (κ1) is 18.3. The van der Waals surface area contributed by atoms with E-state index in [1.54, 1.807) is 43.5 Å². The highest BCUT2D eigenvalue weighted by atomic mass is 31.2. The molecule has 0 saturated carbocycles. The standard InChI is InChI=1S/C15H20N3O5P/c1-4-21-14(19)13-11-18-12(7-9-16-15(18)17-13)8-10-24(20,22-5-2)23-6-3/h7-11H,4-6H2,1-3H3/b10-8+. The molecule has 0 radical (unpaired) electrons. The van der Waals surface area contributed by atoms with Crippen LogP contribution in [0, 0.1) is 0 Å². The maximum atomic E-state index is 12.5. The molecule has 0 aromatic carbocycles. The number of nitrogens with zero attached hydrogens (tertiary/aromatic N) is 3. The minimum atomic E-state index is -3.31. The van der Waals surface area contributed by atoms with Crippen LogP contribution >= 0.6 is 7.60 Å². The Morgan fingerprint density at radius 1 is 1.25 bits per heavy atom. The first-order chi connectivity index (χ1) is 11.5. The number of imidazole rings is 1. The van der Waals surface area contributed by atoms with Crippen molar-refractivity contribution >= 4 is 25.4 Å². The molecule has 0 N–H and O–H groups in total. The van der Waals surface area contributed by atoms with Gasteiger partial charge in [-0.05, 0) is 32.9 Å². The predicted molar refractivity (Wildman–Crippen MR) is 88.8 cm³/mol. The summed E-state index contributed by atoms with van der Waals surface area (Å²) in [5.41, 5.74) is 0.783. The van der Waals surface area contributed by atoms with Crippen molar-refractivity contribution in [1.82, 2.24) is 14.4 Å². The zero-order valence-corrected chi connectivity index (χ0v) is 14.7. The van der Waals surface area contributed by atoms with E-state index in [4.69, 9.17) is 13.8 Å². The summed E-state index contributed by atoms with van der Waals surface area (Å²) in [7, 11) is -3.31. The zero-order valence-electron chi connectivity index (χ0n) is 13.8. The Bertz CT molecular complexity index is 777. The summed E-state index contributed by atoms with van der Waals surface area (Å²) >= 11 is 0. The van der Waals surface area contributed by atoms with Crippen molar-refractivity contribution in [2.45, 2.75) is 20.8 Å². The van der Waals surface area contributed by atoms with Gasteiger partial charge in [-0.3, -0.25) is 8.97 Å². The minimum Gasteiger partial charge on any atom is -0.461 e. The van der Waals surface area contributed by atoms with E-state index in [1.807, 2.05) is 0 Å². The number of hydrogen-bond donors (Lipinski definition) is 0. The van der Waals surface area contributed by atoms with Gasteiger partial charge in [0, 0.05) is 18.2 Å². The van der Waals surface area contributed by atoms with Gasteiger partial charge >= 0.3 is 13.6 Å². The fraction of sp³-hybridized carbons (Fsp3) is 0.400. The summed E-state index contributed by atoms with van der Waals surface area (Å²) in [4.78, 5) is 20.0. The van der Waals surface area contributed by atoms with Crippen LogP contribution in [0.5, 0.6) is 0 Å². The third kappa shape index (κ3) is 4.29. The number of hydrogen-bond acceptors (Lipinski definition) is 7. The summed E-state index contributed by atoms with van der Waals surface area (Å²) in [6.07, 6.45) is 4.66. The van der Waals surface area contributed by atoms with Gasteiger partial charge in [-0.25, -0.2) is 14.8 Å². The molecule has 0 fully saturated rings.